The lowest BCUT2D eigenvalue weighted by atomic mass is 9.95. The summed E-state index contributed by atoms with van der Waals surface area (Å²) in [5.74, 6) is -1.02. The lowest BCUT2D eigenvalue weighted by molar-refractivity contribution is -0.152. The maximum absolute atomic E-state index is 15.3. The van der Waals surface area contributed by atoms with Crippen molar-refractivity contribution in [2.24, 2.45) is 5.41 Å². The van der Waals surface area contributed by atoms with Crippen molar-refractivity contribution >= 4 is 23.0 Å². The highest BCUT2D eigenvalue weighted by atomic mass is 32.2. The molecule has 1 aromatic heterocycles. The normalized spacial score (nSPS) is 16.4. The quantitative estimate of drug-likeness (QED) is 0.256. The number of halogens is 7. The Morgan fingerprint density at radius 2 is 1.64 bits per heavy atom. The van der Waals surface area contributed by atoms with Gasteiger partial charge in [0.25, 0.3) is 0 Å². The van der Waals surface area contributed by atoms with Gasteiger partial charge in [-0.25, -0.2) is 13.4 Å². The van der Waals surface area contributed by atoms with Gasteiger partial charge in [-0.2, -0.15) is 26.3 Å². The van der Waals surface area contributed by atoms with Gasteiger partial charge in [-0.05, 0) is 35.6 Å². The van der Waals surface area contributed by atoms with Crippen molar-refractivity contribution in [1.82, 2.24) is 13.6 Å². The first-order valence-corrected chi connectivity index (χ1v) is 12.2. The molecule has 0 bridgehead atoms. The zero-order valence-corrected chi connectivity index (χ0v) is 20.7. The van der Waals surface area contributed by atoms with Crippen molar-refractivity contribution in [2.45, 2.75) is 52.1 Å². The third-order valence-corrected chi connectivity index (χ3v) is 6.89. The average molecular weight is 534 g/mol. The third-order valence-electron chi connectivity index (χ3n) is 5.92. The minimum Gasteiger partial charge on any atom is -0.347 e. The van der Waals surface area contributed by atoms with E-state index in [9.17, 15) is 26.3 Å². The molecule has 4 rings (SSSR count). The highest BCUT2D eigenvalue weighted by molar-refractivity contribution is 7.95. The molecule has 196 valence electrons. The number of nitrogens with one attached hydrogen (secondary N) is 1. The average Bonchev–Trinajstić information content (AvgIpc) is 3.02. The molecule has 0 amide bonds. The molecule has 0 spiro atoms. The van der Waals surface area contributed by atoms with Gasteiger partial charge in [-0.3, -0.25) is 0 Å². The summed E-state index contributed by atoms with van der Waals surface area (Å²) >= 11 is 0.868. The Kier molecular flexibility index (Phi) is 7.13. The van der Waals surface area contributed by atoms with Gasteiger partial charge in [0.1, 0.15) is 11.9 Å². The van der Waals surface area contributed by atoms with Gasteiger partial charge in [0, 0.05) is 60.0 Å². The van der Waals surface area contributed by atoms with Crippen LogP contribution in [0, 0.1) is 11.2 Å². The topological polar surface area (TPSA) is 20.2 Å². The molecule has 1 N–H and O–H groups in total. The van der Waals surface area contributed by atoms with Gasteiger partial charge in [0.05, 0.1) is 5.56 Å². The van der Waals surface area contributed by atoms with Gasteiger partial charge < -0.3 is 4.57 Å². The first-order chi connectivity index (χ1) is 16.6. The molecule has 1 atom stereocenters. The second-order valence-corrected chi connectivity index (χ2v) is 11.1. The van der Waals surface area contributed by atoms with Gasteiger partial charge in [-0.1, -0.05) is 39.0 Å². The molecule has 1 aliphatic heterocycles. The smallest absolute Gasteiger partial charge is 0.347 e. The number of aromatic nitrogens is 1. The lowest BCUT2D eigenvalue weighted by Gasteiger charge is -2.31. The minimum atomic E-state index is -4.73. The van der Waals surface area contributed by atoms with E-state index in [0.717, 1.165) is 36.8 Å². The van der Waals surface area contributed by atoms with Crippen molar-refractivity contribution in [3.05, 3.63) is 59.5 Å². The van der Waals surface area contributed by atoms with Gasteiger partial charge >= 0.3 is 12.4 Å². The van der Waals surface area contributed by atoms with Crippen LogP contribution in [-0.2, 0) is 12.7 Å². The Balaban J connectivity index is 1.90. The van der Waals surface area contributed by atoms with Crippen LogP contribution in [0.15, 0.2) is 42.6 Å². The fourth-order valence-electron chi connectivity index (χ4n) is 4.19. The van der Waals surface area contributed by atoms with Crippen LogP contribution in [0.5, 0.6) is 0 Å². The molecular weight excluding hydrogens is 507 g/mol. The van der Waals surface area contributed by atoms with Crippen LogP contribution in [0.1, 0.15) is 44.4 Å². The minimum absolute atomic E-state index is 0.00373. The molecule has 36 heavy (non-hydrogen) atoms. The van der Waals surface area contributed by atoms with Crippen LogP contribution in [-0.4, -0.2) is 28.1 Å². The van der Waals surface area contributed by atoms with Crippen LogP contribution in [0.4, 0.5) is 30.7 Å². The number of rotatable bonds is 6. The molecule has 3 nitrogen and oxygen atoms in total. The van der Waals surface area contributed by atoms with E-state index in [1.807, 2.05) is 20.8 Å². The van der Waals surface area contributed by atoms with Crippen LogP contribution in [0.3, 0.4) is 0 Å². The van der Waals surface area contributed by atoms with E-state index in [4.69, 9.17) is 0 Å². The molecule has 3 aromatic rings. The molecule has 0 saturated carbocycles. The molecule has 11 heteroatoms. The van der Waals surface area contributed by atoms with Crippen molar-refractivity contribution in [3.63, 3.8) is 0 Å². The number of alkyl halides is 6. The largest absolute Gasteiger partial charge is 0.417 e. The van der Waals surface area contributed by atoms with Gasteiger partial charge in [0.15, 0.2) is 0 Å². The summed E-state index contributed by atoms with van der Waals surface area (Å²) in [5, 5.41) is 0.00373. The Bertz CT molecular complexity index is 1240. The van der Waals surface area contributed by atoms with E-state index >= 15 is 4.39 Å². The first kappa shape index (κ1) is 26.8. The van der Waals surface area contributed by atoms with E-state index in [2.05, 4.69) is 4.72 Å². The highest BCUT2D eigenvalue weighted by Crippen LogP contribution is 2.43. The zero-order valence-electron chi connectivity index (χ0n) is 19.9. The van der Waals surface area contributed by atoms with E-state index < -0.39 is 29.8 Å². The van der Waals surface area contributed by atoms with E-state index in [1.54, 1.807) is 8.87 Å². The number of hydrogen-bond acceptors (Lipinski definition) is 3. The SMILES string of the molecule is CC(C)(C)Cn1cc(C(NSN2CCC2)C(F)(F)F)c2cc(F)c(-c3ccccc3C(F)(F)F)cc21. The molecule has 2 aromatic carbocycles. The fraction of sp³-hybridized carbons (Fsp3) is 0.440. The van der Waals surface area contributed by atoms with E-state index in [1.165, 1.54) is 24.4 Å². The van der Waals surface area contributed by atoms with Gasteiger partial charge in [-0.15, -0.1) is 0 Å². The number of fused-ring (bicyclic) bond motifs is 1. The molecule has 1 aliphatic rings. The lowest BCUT2D eigenvalue weighted by Crippen LogP contribution is -2.38. The number of nitrogens with zero attached hydrogens (tertiary/aromatic N) is 2. The first-order valence-electron chi connectivity index (χ1n) is 11.4. The van der Waals surface area contributed by atoms with Crippen LogP contribution >= 0.6 is 12.1 Å². The number of benzene rings is 2. The van der Waals surface area contributed by atoms with Crippen molar-refractivity contribution in [3.8, 4) is 11.1 Å². The van der Waals surface area contributed by atoms with E-state index in [-0.39, 0.29) is 39.6 Å². The summed E-state index contributed by atoms with van der Waals surface area (Å²) in [4.78, 5) is 0. The van der Waals surface area contributed by atoms with Crippen LogP contribution in [0.25, 0.3) is 22.0 Å². The second-order valence-electron chi connectivity index (χ2n) is 10.1. The monoisotopic (exact) mass is 533 g/mol. The molecule has 0 radical (unpaired) electrons. The van der Waals surface area contributed by atoms with Crippen molar-refractivity contribution in [2.75, 3.05) is 13.1 Å². The second kappa shape index (κ2) is 9.57. The summed E-state index contributed by atoms with van der Waals surface area (Å²) in [7, 11) is 0. The summed E-state index contributed by atoms with van der Waals surface area (Å²) in [6.45, 7) is 7.26. The summed E-state index contributed by atoms with van der Waals surface area (Å²) in [5.41, 5.74) is -2.01. The summed E-state index contributed by atoms with van der Waals surface area (Å²) in [6.07, 6.45) is -7.19. The molecule has 2 heterocycles. The number of hydrogen-bond donors (Lipinski definition) is 1. The van der Waals surface area contributed by atoms with Crippen LogP contribution < -0.4 is 4.72 Å². The maximum atomic E-state index is 15.3. The van der Waals surface area contributed by atoms with Crippen LogP contribution in [0.2, 0.25) is 0 Å². The molecule has 1 fully saturated rings. The van der Waals surface area contributed by atoms with Gasteiger partial charge in [0.2, 0.25) is 0 Å². The Hall–Kier alpha value is -2.24. The standard InChI is InChI=1S/C25H26F7N3S/c1-23(2,3)14-34-13-18(22(25(30,31)32)33-36-35-9-6-10-35)17-11-20(26)16(12-21(17)34)15-7-4-5-8-19(15)24(27,28)29/h4-5,7-8,11-13,22,33H,6,9-10,14H2,1-3H3. The molecule has 0 aliphatic carbocycles. The van der Waals surface area contributed by atoms with E-state index in [0.29, 0.717) is 13.1 Å². The Labute approximate surface area is 208 Å². The third kappa shape index (κ3) is 5.68. The molecular formula is C25H26F7N3S. The predicted molar refractivity (Wildman–Crippen MR) is 128 cm³/mol. The maximum Gasteiger partial charge on any atom is 0.417 e. The molecule has 1 saturated heterocycles. The highest BCUT2D eigenvalue weighted by Gasteiger charge is 2.43. The molecule has 1 unspecified atom stereocenters. The summed E-state index contributed by atoms with van der Waals surface area (Å²) < 4.78 is 105. The van der Waals surface area contributed by atoms with Crippen molar-refractivity contribution in [1.29, 1.82) is 0 Å². The van der Waals surface area contributed by atoms with Crippen molar-refractivity contribution < 1.29 is 30.7 Å². The summed E-state index contributed by atoms with van der Waals surface area (Å²) in [6, 6.07) is 4.63. The zero-order chi connectivity index (χ0) is 26.5. The fourth-order valence-corrected chi connectivity index (χ4v) is 5.15. The Morgan fingerprint density at radius 1 is 0.972 bits per heavy atom. The predicted octanol–water partition coefficient (Wildman–Crippen LogP) is 7.97. The Morgan fingerprint density at radius 3 is 2.19 bits per heavy atom.